The maximum absolute atomic E-state index is 13.0. The third-order valence-electron chi connectivity index (χ3n) is 4.90. The fraction of sp³-hybridized carbons (Fsp3) is 0.318. The second-order valence-electron chi connectivity index (χ2n) is 7.27. The number of para-hydroxylation sites is 1. The first-order chi connectivity index (χ1) is 15.9. The zero-order valence-electron chi connectivity index (χ0n) is 17.7. The Morgan fingerprint density at radius 2 is 1.82 bits per heavy atom. The molecule has 2 heterocycles. The van der Waals surface area contributed by atoms with Crippen LogP contribution in [0.25, 0.3) is 16.7 Å². The molecule has 0 unspecified atom stereocenters. The molecule has 2 aromatic heterocycles. The van der Waals surface area contributed by atoms with Crippen LogP contribution >= 0.6 is 11.8 Å². The van der Waals surface area contributed by atoms with Gasteiger partial charge in [-0.25, -0.2) is 0 Å². The summed E-state index contributed by atoms with van der Waals surface area (Å²) in [6, 6.07) is 13.7. The summed E-state index contributed by atoms with van der Waals surface area (Å²) in [4.78, 5) is 13.0. The van der Waals surface area contributed by atoms with Gasteiger partial charge in [0, 0.05) is 26.0 Å². The zero-order chi connectivity index (χ0) is 23.4. The minimum Gasteiger partial charge on any atom is -0.484 e. The Bertz CT molecular complexity index is 1300. The van der Waals surface area contributed by atoms with Gasteiger partial charge in [0.2, 0.25) is 5.78 Å². The number of nitrogens with zero attached hydrogens (tertiary/aromatic N) is 4. The van der Waals surface area contributed by atoms with Crippen LogP contribution in [0, 0.1) is 0 Å². The fourth-order valence-electron chi connectivity index (χ4n) is 3.39. The van der Waals surface area contributed by atoms with Gasteiger partial charge in [0.1, 0.15) is 5.75 Å². The topological polar surface area (TPSA) is 70.7 Å². The molecule has 0 aliphatic rings. The average Bonchev–Trinajstić information content (AvgIpc) is 3.23. The third kappa shape index (κ3) is 5.31. The van der Waals surface area contributed by atoms with E-state index in [0.29, 0.717) is 47.2 Å². The molecular formula is C22H21F3N4O3S. The van der Waals surface area contributed by atoms with E-state index >= 15 is 0 Å². The molecule has 0 saturated carbocycles. The minimum absolute atomic E-state index is 0.132. The number of methoxy groups -OCH3 is 1. The van der Waals surface area contributed by atoms with Gasteiger partial charge < -0.3 is 9.47 Å². The number of alkyl halides is 3. The van der Waals surface area contributed by atoms with Gasteiger partial charge in [-0.15, -0.1) is 10.2 Å². The summed E-state index contributed by atoms with van der Waals surface area (Å²) in [6.45, 7) is -0.362. The van der Waals surface area contributed by atoms with Crippen LogP contribution in [-0.2, 0) is 17.0 Å². The molecule has 0 aliphatic carbocycles. The Hall–Kier alpha value is -3.05. The molecule has 0 saturated heterocycles. The van der Waals surface area contributed by atoms with E-state index in [9.17, 15) is 18.0 Å². The number of rotatable bonds is 9. The molecule has 7 nitrogen and oxygen atoms in total. The highest BCUT2D eigenvalue weighted by Crippen LogP contribution is 2.26. The second kappa shape index (κ2) is 9.84. The number of thioether (sulfide) groups is 1. The molecule has 4 aromatic rings. The highest BCUT2D eigenvalue weighted by molar-refractivity contribution is 7.98. The summed E-state index contributed by atoms with van der Waals surface area (Å²) in [5.41, 5.74) is 1.46. The number of aryl methyl sites for hydroxylation is 1. The number of hydrogen-bond acceptors (Lipinski definition) is 6. The van der Waals surface area contributed by atoms with Crippen molar-refractivity contribution in [2.45, 2.75) is 30.1 Å². The summed E-state index contributed by atoms with van der Waals surface area (Å²) in [6.07, 6.45) is -3.72. The van der Waals surface area contributed by atoms with Gasteiger partial charge in [0.15, 0.2) is 11.8 Å². The molecule has 0 amide bonds. The summed E-state index contributed by atoms with van der Waals surface area (Å²) < 4.78 is 50.2. The quantitative estimate of drug-likeness (QED) is 0.264. The Balaban J connectivity index is 1.59. The maximum atomic E-state index is 13.0. The van der Waals surface area contributed by atoms with E-state index in [-0.39, 0.29) is 11.3 Å². The highest BCUT2D eigenvalue weighted by Gasteiger charge is 2.28. The van der Waals surface area contributed by atoms with Crippen LogP contribution in [0.3, 0.4) is 0 Å². The van der Waals surface area contributed by atoms with Crippen molar-refractivity contribution in [1.82, 2.24) is 19.2 Å². The van der Waals surface area contributed by atoms with Crippen LogP contribution in [0.2, 0.25) is 0 Å². The van der Waals surface area contributed by atoms with E-state index in [1.54, 1.807) is 29.9 Å². The molecule has 174 valence electrons. The lowest BCUT2D eigenvalue weighted by molar-refractivity contribution is -0.153. The van der Waals surface area contributed by atoms with Crippen LogP contribution in [0.4, 0.5) is 13.2 Å². The van der Waals surface area contributed by atoms with Crippen LogP contribution in [0.15, 0.2) is 58.5 Å². The molecular weight excluding hydrogens is 457 g/mol. The van der Waals surface area contributed by atoms with Crippen molar-refractivity contribution in [2.75, 3.05) is 20.3 Å². The van der Waals surface area contributed by atoms with Crippen molar-refractivity contribution in [1.29, 1.82) is 0 Å². The van der Waals surface area contributed by atoms with E-state index in [4.69, 9.17) is 9.47 Å². The molecule has 0 atom stereocenters. The van der Waals surface area contributed by atoms with Crippen LogP contribution in [0.5, 0.6) is 5.75 Å². The van der Waals surface area contributed by atoms with Crippen molar-refractivity contribution in [2.24, 2.45) is 0 Å². The van der Waals surface area contributed by atoms with Crippen molar-refractivity contribution in [3.05, 3.63) is 64.4 Å². The first kappa shape index (κ1) is 23.1. The summed E-state index contributed by atoms with van der Waals surface area (Å²) in [7, 11) is 1.61. The standard InChI is InChI=1S/C22H21F3N4O3S/c1-31-12-4-11-28-19(30)17-5-2-3-6-18(17)29-20(28)26-27-21(29)33-13-15-7-9-16(10-8-15)32-14-22(23,24)25/h2-3,5-10H,4,11-14H2,1H3. The van der Waals surface area contributed by atoms with Gasteiger partial charge in [-0.3, -0.25) is 13.8 Å². The van der Waals surface area contributed by atoms with Crippen LogP contribution < -0.4 is 10.3 Å². The molecule has 33 heavy (non-hydrogen) atoms. The lowest BCUT2D eigenvalue weighted by Crippen LogP contribution is -2.24. The first-order valence-electron chi connectivity index (χ1n) is 10.1. The van der Waals surface area contributed by atoms with Gasteiger partial charge in [0.25, 0.3) is 5.56 Å². The lowest BCUT2D eigenvalue weighted by Gasteiger charge is -2.11. The van der Waals surface area contributed by atoms with Gasteiger partial charge in [-0.1, -0.05) is 36.0 Å². The maximum Gasteiger partial charge on any atom is 0.422 e. The highest BCUT2D eigenvalue weighted by atomic mass is 32.2. The molecule has 4 rings (SSSR count). The number of hydrogen-bond donors (Lipinski definition) is 0. The number of halogens is 3. The third-order valence-corrected chi connectivity index (χ3v) is 5.90. The van der Waals surface area contributed by atoms with Crippen molar-refractivity contribution in [3.63, 3.8) is 0 Å². The summed E-state index contributed by atoms with van der Waals surface area (Å²) in [5.74, 6) is 1.12. The van der Waals surface area contributed by atoms with Gasteiger partial charge in [-0.2, -0.15) is 13.2 Å². The van der Waals surface area contributed by atoms with E-state index in [1.807, 2.05) is 22.6 Å². The Morgan fingerprint density at radius 1 is 1.06 bits per heavy atom. The SMILES string of the molecule is COCCCn1c(=O)c2ccccc2n2c(SCc3ccc(OCC(F)(F)F)cc3)nnc12. The van der Waals surface area contributed by atoms with Crippen LogP contribution in [0.1, 0.15) is 12.0 Å². The molecule has 2 aromatic carbocycles. The largest absolute Gasteiger partial charge is 0.484 e. The van der Waals surface area contributed by atoms with E-state index in [1.165, 1.54) is 23.9 Å². The molecule has 0 bridgehead atoms. The van der Waals surface area contributed by atoms with Gasteiger partial charge in [0.05, 0.1) is 10.9 Å². The Morgan fingerprint density at radius 3 is 2.55 bits per heavy atom. The Labute approximate surface area is 191 Å². The lowest BCUT2D eigenvalue weighted by atomic mass is 10.2. The van der Waals surface area contributed by atoms with E-state index in [0.717, 1.165) is 5.56 Å². The normalized spacial score (nSPS) is 12.0. The van der Waals surface area contributed by atoms with Crippen molar-refractivity contribution in [3.8, 4) is 5.75 Å². The number of fused-ring (bicyclic) bond motifs is 3. The van der Waals surface area contributed by atoms with Gasteiger partial charge >= 0.3 is 6.18 Å². The average molecular weight is 478 g/mol. The summed E-state index contributed by atoms with van der Waals surface area (Å²) in [5, 5.41) is 9.74. The van der Waals surface area contributed by atoms with E-state index in [2.05, 4.69) is 10.2 Å². The molecule has 0 N–H and O–H groups in total. The Kier molecular flexibility index (Phi) is 6.89. The smallest absolute Gasteiger partial charge is 0.422 e. The minimum atomic E-state index is -4.38. The molecule has 0 fully saturated rings. The number of benzene rings is 2. The molecule has 0 aliphatic heterocycles. The predicted octanol–water partition coefficient (Wildman–Crippen LogP) is 4.31. The summed E-state index contributed by atoms with van der Waals surface area (Å²) >= 11 is 1.42. The molecule has 11 heteroatoms. The predicted molar refractivity (Wildman–Crippen MR) is 119 cm³/mol. The van der Waals surface area contributed by atoms with Gasteiger partial charge in [-0.05, 0) is 36.2 Å². The number of aromatic nitrogens is 4. The zero-order valence-corrected chi connectivity index (χ0v) is 18.5. The molecule has 0 radical (unpaired) electrons. The molecule has 0 spiro atoms. The van der Waals surface area contributed by atoms with Crippen molar-refractivity contribution >= 4 is 28.4 Å². The first-order valence-corrected chi connectivity index (χ1v) is 11.1. The van der Waals surface area contributed by atoms with Crippen LogP contribution in [-0.4, -0.2) is 45.7 Å². The fourth-order valence-corrected chi connectivity index (χ4v) is 4.29. The van der Waals surface area contributed by atoms with E-state index < -0.39 is 12.8 Å². The number of ether oxygens (including phenoxy) is 2. The second-order valence-corrected chi connectivity index (χ2v) is 8.22. The van der Waals surface area contributed by atoms with Crippen molar-refractivity contribution < 1.29 is 22.6 Å². The monoisotopic (exact) mass is 478 g/mol.